The Morgan fingerprint density at radius 1 is 0.946 bits per heavy atom. The number of aliphatic imine (C=N–C) groups is 1. The molecule has 0 bridgehead atoms. The van der Waals surface area contributed by atoms with Gasteiger partial charge in [0, 0.05) is 29.9 Å². The summed E-state index contributed by atoms with van der Waals surface area (Å²) in [7, 11) is 3.33. The molecule has 0 aliphatic carbocycles. The number of nitrogens with one attached hydrogen (secondary N) is 1. The van der Waals surface area contributed by atoms with Crippen LogP contribution in [0.2, 0.25) is 0 Å². The van der Waals surface area contributed by atoms with Crippen LogP contribution in [0.3, 0.4) is 0 Å². The number of benzene rings is 3. The number of nitrogens with zero attached hydrogens (tertiary/aromatic N) is 4. The minimum absolute atomic E-state index is 0.360. The highest BCUT2D eigenvalue weighted by atomic mass is 16.5. The number of hydrogen-bond acceptors (Lipinski definition) is 6. The van der Waals surface area contributed by atoms with Crippen molar-refractivity contribution in [2.24, 2.45) is 12.0 Å². The molecule has 5 rings (SSSR count). The Kier molecular flexibility index (Phi) is 6.76. The molecule has 2 aromatic heterocycles. The fourth-order valence-corrected chi connectivity index (χ4v) is 4.24. The molecule has 0 atom stereocenters. The molecule has 184 valence electrons. The topological polar surface area (TPSA) is 81.4 Å². The highest BCUT2D eigenvalue weighted by Gasteiger charge is 2.15. The van der Waals surface area contributed by atoms with Crippen molar-refractivity contribution in [2.45, 2.75) is 13.3 Å². The molecule has 0 spiro atoms. The molecule has 0 aliphatic heterocycles. The van der Waals surface area contributed by atoms with E-state index in [1.165, 1.54) is 7.11 Å². The molecule has 0 saturated carbocycles. The Labute approximate surface area is 215 Å². The summed E-state index contributed by atoms with van der Waals surface area (Å²) in [5.74, 6) is 0.796. The third kappa shape index (κ3) is 4.97. The van der Waals surface area contributed by atoms with Gasteiger partial charge in [0.15, 0.2) is 5.82 Å². The standard InChI is InChI=1S/C30H27N5O2/c1-4-20-17-23(30(36)37-3)15-16-24(20)32-26-18-25-28(31-19-35(25)2)29(33-26)34-27(21-11-7-5-8-12-21)22-13-9-6-10-14-22/h5-19H,4H2,1-3H3,(H,32,33). The summed E-state index contributed by atoms with van der Waals surface area (Å²) >= 11 is 0. The van der Waals surface area contributed by atoms with E-state index in [0.29, 0.717) is 22.7 Å². The number of imidazole rings is 1. The molecule has 0 amide bonds. The number of ether oxygens (including phenoxy) is 1. The number of anilines is 2. The van der Waals surface area contributed by atoms with E-state index < -0.39 is 0 Å². The minimum Gasteiger partial charge on any atom is -0.465 e. The van der Waals surface area contributed by atoms with Crippen LogP contribution in [0.4, 0.5) is 17.3 Å². The van der Waals surface area contributed by atoms with Crippen LogP contribution in [-0.2, 0) is 18.2 Å². The van der Waals surface area contributed by atoms with Crippen LogP contribution < -0.4 is 5.32 Å². The molecule has 5 aromatic rings. The van der Waals surface area contributed by atoms with Gasteiger partial charge in [0.25, 0.3) is 0 Å². The van der Waals surface area contributed by atoms with Crippen molar-refractivity contribution < 1.29 is 9.53 Å². The second kappa shape index (κ2) is 10.5. The first kappa shape index (κ1) is 23.9. The van der Waals surface area contributed by atoms with Crippen molar-refractivity contribution in [3.05, 3.63) is 114 Å². The van der Waals surface area contributed by atoms with Crippen LogP contribution in [0.15, 0.2) is 96.2 Å². The van der Waals surface area contributed by atoms with E-state index >= 15 is 0 Å². The number of pyridine rings is 1. The maximum absolute atomic E-state index is 12.0. The number of carbonyl (C=O) groups excluding carboxylic acids is 1. The molecule has 2 heterocycles. The van der Waals surface area contributed by atoms with Gasteiger partial charge in [-0.3, -0.25) is 0 Å². The third-order valence-corrected chi connectivity index (χ3v) is 6.18. The lowest BCUT2D eigenvalue weighted by atomic mass is 10.0. The highest BCUT2D eigenvalue weighted by Crippen LogP contribution is 2.30. The van der Waals surface area contributed by atoms with Crippen LogP contribution in [0.1, 0.15) is 34.0 Å². The summed E-state index contributed by atoms with van der Waals surface area (Å²) in [6, 6.07) is 27.6. The third-order valence-electron chi connectivity index (χ3n) is 6.18. The Morgan fingerprint density at radius 2 is 1.62 bits per heavy atom. The summed E-state index contributed by atoms with van der Waals surface area (Å²) in [4.78, 5) is 26.5. The van der Waals surface area contributed by atoms with Crippen LogP contribution in [0, 0.1) is 0 Å². The Bertz CT molecular complexity index is 1550. The number of aryl methyl sites for hydroxylation is 2. The average molecular weight is 490 g/mol. The predicted molar refractivity (Wildman–Crippen MR) is 147 cm³/mol. The van der Waals surface area contributed by atoms with Crippen LogP contribution in [-0.4, -0.2) is 33.3 Å². The van der Waals surface area contributed by atoms with E-state index in [0.717, 1.165) is 40.0 Å². The van der Waals surface area contributed by atoms with Gasteiger partial charge in [-0.25, -0.2) is 19.8 Å². The van der Waals surface area contributed by atoms with Gasteiger partial charge < -0.3 is 14.6 Å². The molecular weight excluding hydrogens is 462 g/mol. The lowest BCUT2D eigenvalue weighted by molar-refractivity contribution is 0.0600. The smallest absolute Gasteiger partial charge is 0.337 e. The van der Waals surface area contributed by atoms with Crippen LogP contribution >= 0.6 is 0 Å². The van der Waals surface area contributed by atoms with Crippen LogP contribution in [0.5, 0.6) is 0 Å². The molecule has 3 aromatic carbocycles. The molecule has 7 nitrogen and oxygen atoms in total. The van der Waals surface area contributed by atoms with Crippen molar-refractivity contribution in [3.8, 4) is 0 Å². The van der Waals surface area contributed by atoms with E-state index in [-0.39, 0.29) is 5.97 Å². The van der Waals surface area contributed by atoms with Crippen molar-refractivity contribution in [3.63, 3.8) is 0 Å². The van der Waals surface area contributed by atoms with Gasteiger partial charge in [-0.1, -0.05) is 67.6 Å². The minimum atomic E-state index is -0.360. The summed E-state index contributed by atoms with van der Waals surface area (Å²) in [5, 5.41) is 3.44. The van der Waals surface area contributed by atoms with Gasteiger partial charge in [-0.05, 0) is 30.2 Å². The van der Waals surface area contributed by atoms with Crippen molar-refractivity contribution in [1.29, 1.82) is 0 Å². The Hall–Kier alpha value is -4.78. The first-order valence-corrected chi connectivity index (χ1v) is 12.1. The number of rotatable bonds is 7. The zero-order valence-electron chi connectivity index (χ0n) is 21.0. The molecular formula is C30H27N5O2. The van der Waals surface area contributed by atoms with Crippen molar-refractivity contribution in [1.82, 2.24) is 14.5 Å². The molecule has 0 saturated heterocycles. The molecule has 1 N–H and O–H groups in total. The molecule has 7 heteroatoms. The molecule has 0 fully saturated rings. The van der Waals surface area contributed by atoms with Crippen LogP contribution in [0.25, 0.3) is 11.0 Å². The zero-order valence-corrected chi connectivity index (χ0v) is 21.0. The van der Waals surface area contributed by atoms with Crippen molar-refractivity contribution >= 4 is 40.0 Å². The molecule has 37 heavy (non-hydrogen) atoms. The Balaban J connectivity index is 1.63. The molecule has 0 aliphatic rings. The lowest BCUT2D eigenvalue weighted by Gasteiger charge is -2.13. The zero-order chi connectivity index (χ0) is 25.8. The monoisotopic (exact) mass is 489 g/mol. The van der Waals surface area contributed by atoms with E-state index in [9.17, 15) is 4.79 Å². The van der Waals surface area contributed by atoms with Gasteiger partial charge in [-0.15, -0.1) is 0 Å². The number of aromatic nitrogens is 3. The van der Waals surface area contributed by atoms with E-state index in [2.05, 4.69) is 10.3 Å². The second-order valence-electron chi connectivity index (χ2n) is 8.59. The quantitative estimate of drug-likeness (QED) is 0.216. The number of fused-ring (bicyclic) bond motifs is 1. The summed E-state index contributed by atoms with van der Waals surface area (Å²) < 4.78 is 6.83. The first-order chi connectivity index (χ1) is 18.1. The second-order valence-corrected chi connectivity index (χ2v) is 8.59. The van der Waals surface area contributed by atoms with Gasteiger partial charge in [-0.2, -0.15) is 0 Å². The molecule has 0 unspecified atom stereocenters. The summed E-state index contributed by atoms with van der Waals surface area (Å²) in [6.45, 7) is 2.04. The maximum Gasteiger partial charge on any atom is 0.337 e. The van der Waals surface area contributed by atoms with Gasteiger partial charge in [0.1, 0.15) is 11.3 Å². The number of hydrogen-bond donors (Lipinski definition) is 1. The van der Waals surface area contributed by atoms with Gasteiger partial charge >= 0.3 is 5.97 Å². The SMILES string of the molecule is CCc1cc(C(=O)OC)ccc1Nc1cc2c(ncn2C)c(N=C(c2ccccc2)c2ccccc2)n1. The highest BCUT2D eigenvalue weighted by molar-refractivity contribution is 6.14. The fraction of sp³-hybridized carbons (Fsp3) is 0.133. The first-order valence-electron chi connectivity index (χ1n) is 12.1. The fourth-order valence-electron chi connectivity index (χ4n) is 4.24. The predicted octanol–water partition coefficient (Wildman–Crippen LogP) is 6.23. The van der Waals surface area contributed by atoms with E-state index in [1.807, 2.05) is 97.4 Å². The number of carbonyl (C=O) groups is 1. The van der Waals surface area contributed by atoms with Gasteiger partial charge in [0.05, 0.1) is 30.2 Å². The lowest BCUT2D eigenvalue weighted by Crippen LogP contribution is -2.05. The largest absolute Gasteiger partial charge is 0.465 e. The normalized spacial score (nSPS) is 10.8. The Morgan fingerprint density at radius 3 is 2.24 bits per heavy atom. The maximum atomic E-state index is 12.0. The number of esters is 1. The number of methoxy groups -OCH3 is 1. The summed E-state index contributed by atoms with van der Waals surface area (Å²) in [5.41, 5.74) is 6.78. The summed E-state index contributed by atoms with van der Waals surface area (Å²) in [6.07, 6.45) is 2.50. The van der Waals surface area contributed by atoms with E-state index in [1.54, 1.807) is 12.4 Å². The molecule has 0 radical (unpaired) electrons. The average Bonchev–Trinajstić information content (AvgIpc) is 3.32. The van der Waals surface area contributed by atoms with Crippen molar-refractivity contribution in [2.75, 3.05) is 12.4 Å². The van der Waals surface area contributed by atoms with Gasteiger partial charge in [0.2, 0.25) is 0 Å². The van der Waals surface area contributed by atoms with E-state index in [4.69, 9.17) is 14.7 Å².